The molecule has 1 fully saturated rings. The Hall–Kier alpha value is -2.91. The van der Waals surface area contributed by atoms with E-state index >= 15 is 0 Å². The minimum atomic E-state index is -3.24. The molecule has 0 aromatic heterocycles. The van der Waals surface area contributed by atoms with Crippen molar-refractivity contribution in [1.82, 2.24) is 9.21 Å². The summed E-state index contributed by atoms with van der Waals surface area (Å²) in [5.41, 5.74) is 7.16. The Morgan fingerprint density at radius 3 is 2.40 bits per heavy atom. The molecule has 3 rings (SSSR count). The molecule has 1 aliphatic heterocycles. The Morgan fingerprint density at radius 1 is 1.03 bits per heavy atom. The van der Waals surface area contributed by atoms with E-state index in [0.29, 0.717) is 56.1 Å². The summed E-state index contributed by atoms with van der Waals surface area (Å²) in [5, 5.41) is 0. The molecule has 1 saturated heterocycles. The number of amides is 2. The van der Waals surface area contributed by atoms with Gasteiger partial charge >= 0.3 is 0 Å². The van der Waals surface area contributed by atoms with Crippen molar-refractivity contribution in [1.29, 1.82) is 0 Å². The van der Waals surface area contributed by atoms with Gasteiger partial charge in [-0.15, -0.1) is 0 Å². The fourth-order valence-electron chi connectivity index (χ4n) is 3.34. The lowest BCUT2D eigenvalue weighted by atomic mass is 10.1. The van der Waals surface area contributed by atoms with Gasteiger partial charge in [0, 0.05) is 38.2 Å². The summed E-state index contributed by atoms with van der Waals surface area (Å²) in [7, 11) is -3.24. The van der Waals surface area contributed by atoms with Crippen LogP contribution in [0.1, 0.15) is 26.3 Å². The van der Waals surface area contributed by atoms with Crippen molar-refractivity contribution in [2.75, 3.05) is 39.0 Å². The topological polar surface area (TPSA) is 110 Å². The van der Waals surface area contributed by atoms with Gasteiger partial charge in [0.2, 0.25) is 10.0 Å². The summed E-state index contributed by atoms with van der Waals surface area (Å²) in [6.07, 6.45) is 1.73. The number of rotatable bonds is 7. The highest BCUT2D eigenvalue weighted by atomic mass is 32.2. The molecule has 9 heteroatoms. The molecular weight excluding hydrogens is 406 g/mol. The van der Waals surface area contributed by atoms with E-state index in [1.165, 1.54) is 10.6 Å². The number of nitrogens with zero attached hydrogens (tertiary/aromatic N) is 2. The van der Waals surface area contributed by atoms with Crippen LogP contribution in [0, 0.1) is 0 Å². The predicted octanol–water partition coefficient (Wildman–Crippen LogP) is 1.12. The first-order valence-corrected chi connectivity index (χ1v) is 11.5. The van der Waals surface area contributed by atoms with E-state index in [4.69, 9.17) is 10.5 Å². The van der Waals surface area contributed by atoms with Gasteiger partial charge in [-0.25, -0.2) is 8.42 Å². The highest BCUT2D eigenvalue weighted by molar-refractivity contribution is 7.88. The maximum Gasteiger partial charge on any atom is 0.253 e. The molecule has 1 heterocycles. The molecule has 0 bridgehead atoms. The van der Waals surface area contributed by atoms with Crippen LogP contribution >= 0.6 is 0 Å². The number of piperazine rings is 1. The number of hydrogen-bond acceptors (Lipinski definition) is 5. The fraction of sp³-hybridized carbons (Fsp3) is 0.333. The molecule has 160 valence electrons. The largest absolute Gasteiger partial charge is 0.492 e. The van der Waals surface area contributed by atoms with Gasteiger partial charge in [0.05, 0.1) is 18.4 Å². The van der Waals surface area contributed by atoms with Crippen molar-refractivity contribution < 1.29 is 22.7 Å². The molecular formula is C21H25N3O5S. The molecule has 30 heavy (non-hydrogen) atoms. The Labute approximate surface area is 176 Å². The Bertz CT molecular complexity index is 1030. The van der Waals surface area contributed by atoms with Crippen LogP contribution in [0.2, 0.25) is 0 Å². The fourth-order valence-corrected chi connectivity index (χ4v) is 4.17. The Morgan fingerprint density at radius 2 is 1.73 bits per heavy atom. The van der Waals surface area contributed by atoms with E-state index in [2.05, 4.69) is 0 Å². The molecule has 2 aromatic rings. The summed E-state index contributed by atoms with van der Waals surface area (Å²) in [5.74, 6) is -0.236. The summed E-state index contributed by atoms with van der Waals surface area (Å²) in [6, 6.07) is 14.1. The first-order valence-electron chi connectivity index (χ1n) is 9.60. The van der Waals surface area contributed by atoms with Crippen LogP contribution in [0.25, 0.3) is 0 Å². The number of ether oxygens (including phenoxy) is 1. The van der Waals surface area contributed by atoms with Gasteiger partial charge in [0.15, 0.2) is 0 Å². The van der Waals surface area contributed by atoms with Gasteiger partial charge in [-0.2, -0.15) is 4.31 Å². The average molecular weight is 432 g/mol. The van der Waals surface area contributed by atoms with E-state index in [0.717, 1.165) is 5.56 Å². The third kappa shape index (κ3) is 5.37. The maximum absolute atomic E-state index is 12.8. The lowest BCUT2D eigenvalue weighted by molar-refractivity contribution is 0.0698. The van der Waals surface area contributed by atoms with Gasteiger partial charge < -0.3 is 15.4 Å². The molecule has 0 atom stereocenters. The predicted molar refractivity (Wildman–Crippen MR) is 113 cm³/mol. The van der Waals surface area contributed by atoms with Gasteiger partial charge in [-0.1, -0.05) is 24.3 Å². The third-order valence-corrected chi connectivity index (χ3v) is 6.27. The number of nitrogens with two attached hydrogens (primary N) is 1. The van der Waals surface area contributed by atoms with Gasteiger partial charge in [0.25, 0.3) is 11.8 Å². The zero-order valence-electron chi connectivity index (χ0n) is 16.8. The summed E-state index contributed by atoms with van der Waals surface area (Å²) >= 11 is 0. The minimum Gasteiger partial charge on any atom is -0.492 e. The number of sulfonamides is 1. The van der Waals surface area contributed by atoms with Gasteiger partial charge in [-0.3, -0.25) is 9.59 Å². The first-order chi connectivity index (χ1) is 14.3. The van der Waals surface area contributed by atoms with Crippen LogP contribution in [-0.2, 0) is 16.4 Å². The summed E-state index contributed by atoms with van der Waals surface area (Å²) < 4.78 is 30.3. The molecule has 0 spiro atoms. The maximum atomic E-state index is 12.8. The molecule has 2 aromatic carbocycles. The number of primary amides is 1. The second kappa shape index (κ2) is 9.27. The molecule has 1 aliphatic rings. The van der Waals surface area contributed by atoms with E-state index in [1.807, 2.05) is 18.2 Å². The van der Waals surface area contributed by atoms with Crippen LogP contribution < -0.4 is 10.5 Å². The van der Waals surface area contributed by atoms with E-state index < -0.39 is 15.9 Å². The number of carbonyl (C=O) groups excluding carboxylic acids is 2. The number of carbonyl (C=O) groups is 2. The van der Waals surface area contributed by atoms with Crippen molar-refractivity contribution in [2.45, 2.75) is 6.42 Å². The molecule has 0 radical (unpaired) electrons. The van der Waals surface area contributed by atoms with Crippen LogP contribution in [0.4, 0.5) is 0 Å². The monoisotopic (exact) mass is 431 g/mol. The van der Waals surface area contributed by atoms with Crippen LogP contribution in [0.5, 0.6) is 5.75 Å². The number of hydrogen-bond donors (Lipinski definition) is 1. The van der Waals surface area contributed by atoms with Crippen molar-refractivity contribution in [3.8, 4) is 5.75 Å². The van der Waals surface area contributed by atoms with Crippen molar-refractivity contribution >= 4 is 21.8 Å². The van der Waals surface area contributed by atoms with Crippen molar-refractivity contribution in [3.63, 3.8) is 0 Å². The Balaban J connectivity index is 1.59. The summed E-state index contributed by atoms with van der Waals surface area (Å²) in [4.78, 5) is 25.9. The standard InChI is InChI=1S/C21H25N3O5S/c1-30(27,28)24-12-10-23(11-13-24)21(26)17-6-4-5-16(15-17)9-14-29-19-8-3-2-7-18(19)20(22)25/h2-8,15H,9-14H2,1H3,(H2,22,25). The van der Waals surface area contributed by atoms with Crippen LogP contribution in [0.3, 0.4) is 0 Å². The zero-order chi connectivity index (χ0) is 21.7. The third-order valence-electron chi connectivity index (χ3n) is 4.97. The van der Waals surface area contributed by atoms with Crippen LogP contribution in [-0.4, -0.2) is 68.5 Å². The van der Waals surface area contributed by atoms with Gasteiger partial charge in [-0.05, 0) is 29.8 Å². The second-order valence-electron chi connectivity index (χ2n) is 7.11. The highest BCUT2D eigenvalue weighted by Gasteiger charge is 2.26. The smallest absolute Gasteiger partial charge is 0.253 e. The Kier molecular flexibility index (Phi) is 6.73. The average Bonchev–Trinajstić information content (AvgIpc) is 2.73. The van der Waals surface area contributed by atoms with Crippen molar-refractivity contribution in [2.24, 2.45) is 5.73 Å². The number of benzene rings is 2. The SMILES string of the molecule is CS(=O)(=O)N1CCN(C(=O)c2cccc(CCOc3ccccc3C(N)=O)c2)CC1. The van der Waals surface area contributed by atoms with Crippen LogP contribution in [0.15, 0.2) is 48.5 Å². The van der Waals surface area contributed by atoms with E-state index in [-0.39, 0.29) is 5.91 Å². The molecule has 2 N–H and O–H groups in total. The first kappa shape index (κ1) is 21.8. The normalized spacial score (nSPS) is 15.0. The van der Waals surface area contributed by atoms with Crippen molar-refractivity contribution in [3.05, 3.63) is 65.2 Å². The van der Waals surface area contributed by atoms with Gasteiger partial charge in [0.1, 0.15) is 5.75 Å². The molecule has 0 aliphatic carbocycles. The van der Waals surface area contributed by atoms with E-state index in [1.54, 1.807) is 35.2 Å². The minimum absolute atomic E-state index is 0.120. The highest BCUT2D eigenvalue weighted by Crippen LogP contribution is 2.18. The number of para-hydroxylation sites is 1. The zero-order valence-corrected chi connectivity index (χ0v) is 17.6. The second-order valence-corrected chi connectivity index (χ2v) is 9.10. The quantitative estimate of drug-likeness (QED) is 0.707. The lowest BCUT2D eigenvalue weighted by Crippen LogP contribution is -2.50. The van der Waals surface area contributed by atoms with E-state index in [9.17, 15) is 18.0 Å². The summed E-state index contributed by atoms with van der Waals surface area (Å²) in [6.45, 7) is 1.66. The molecule has 0 unspecified atom stereocenters. The molecule has 0 saturated carbocycles. The molecule has 2 amide bonds. The lowest BCUT2D eigenvalue weighted by Gasteiger charge is -2.33. The molecule has 8 nitrogen and oxygen atoms in total.